The van der Waals surface area contributed by atoms with Gasteiger partial charge in [-0.1, -0.05) is 26.0 Å². The van der Waals surface area contributed by atoms with Crippen LogP contribution in [0, 0.1) is 5.41 Å². The van der Waals surface area contributed by atoms with Crippen molar-refractivity contribution in [2.45, 2.75) is 33.2 Å². The summed E-state index contributed by atoms with van der Waals surface area (Å²) in [5, 5.41) is 2.95. The number of nitrogens with one attached hydrogen (secondary N) is 1. The van der Waals surface area contributed by atoms with Gasteiger partial charge < -0.3 is 16.0 Å². The van der Waals surface area contributed by atoms with Gasteiger partial charge in [-0.05, 0) is 36.5 Å². The molecule has 2 rings (SSSR count). The van der Waals surface area contributed by atoms with Crippen molar-refractivity contribution in [2.24, 2.45) is 11.1 Å². The largest absolute Gasteiger partial charge is 0.324 e. The van der Waals surface area contributed by atoms with Gasteiger partial charge in [0.1, 0.15) is 0 Å². The van der Waals surface area contributed by atoms with E-state index < -0.39 is 0 Å². The maximum atomic E-state index is 12.2. The van der Waals surface area contributed by atoms with Crippen LogP contribution in [0.4, 0.5) is 10.5 Å². The van der Waals surface area contributed by atoms with Crippen molar-refractivity contribution in [3.05, 3.63) is 29.8 Å². The lowest BCUT2D eigenvalue weighted by molar-refractivity contribution is 0.217. The predicted molar refractivity (Wildman–Crippen MR) is 78.0 cm³/mol. The highest BCUT2D eigenvalue weighted by Crippen LogP contribution is 2.29. The number of urea groups is 1. The van der Waals surface area contributed by atoms with E-state index in [-0.39, 0.29) is 17.5 Å². The Hall–Kier alpha value is -1.55. The second-order valence-corrected chi connectivity index (χ2v) is 6.18. The van der Waals surface area contributed by atoms with Crippen LogP contribution in [0.25, 0.3) is 0 Å². The summed E-state index contributed by atoms with van der Waals surface area (Å²) < 4.78 is 0. The third-order valence-corrected chi connectivity index (χ3v) is 3.63. The van der Waals surface area contributed by atoms with Crippen molar-refractivity contribution in [3.8, 4) is 0 Å². The van der Waals surface area contributed by atoms with E-state index in [2.05, 4.69) is 19.2 Å². The van der Waals surface area contributed by atoms with Crippen LogP contribution in [0.1, 0.15) is 38.8 Å². The number of anilines is 1. The molecular formula is C15H23N3O. The molecule has 104 valence electrons. The van der Waals surface area contributed by atoms with Gasteiger partial charge in [0.15, 0.2) is 0 Å². The van der Waals surface area contributed by atoms with Gasteiger partial charge in [0, 0.05) is 24.8 Å². The molecule has 4 heteroatoms. The predicted octanol–water partition coefficient (Wildman–Crippen LogP) is 2.97. The Kier molecular flexibility index (Phi) is 3.80. The van der Waals surface area contributed by atoms with Gasteiger partial charge in [-0.15, -0.1) is 0 Å². The molecule has 2 amide bonds. The van der Waals surface area contributed by atoms with Crippen molar-refractivity contribution in [1.82, 2.24) is 4.90 Å². The summed E-state index contributed by atoms with van der Waals surface area (Å²) in [6, 6.07) is 7.67. The fraction of sp³-hybridized carbons (Fsp3) is 0.533. The first-order chi connectivity index (χ1) is 8.87. The summed E-state index contributed by atoms with van der Waals surface area (Å²) >= 11 is 0. The Morgan fingerprint density at radius 2 is 2.21 bits per heavy atom. The average molecular weight is 261 g/mol. The topological polar surface area (TPSA) is 58.4 Å². The van der Waals surface area contributed by atoms with Crippen molar-refractivity contribution < 1.29 is 4.79 Å². The molecule has 1 aromatic carbocycles. The van der Waals surface area contributed by atoms with Gasteiger partial charge in [0.25, 0.3) is 0 Å². The van der Waals surface area contributed by atoms with Crippen LogP contribution in [0.2, 0.25) is 0 Å². The summed E-state index contributed by atoms with van der Waals surface area (Å²) in [6.45, 7) is 7.95. The number of hydrogen-bond donors (Lipinski definition) is 2. The normalized spacial score (nSPS) is 19.3. The highest BCUT2D eigenvalue weighted by molar-refractivity contribution is 5.89. The Morgan fingerprint density at radius 3 is 2.79 bits per heavy atom. The molecule has 1 heterocycles. The van der Waals surface area contributed by atoms with E-state index >= 15 is 0 Å². The number of benzene rings is 1. The number of nitrogens with two attached hydrogens (primary N) is 1. The second-order valence-electron chi connectivity index (χ2n) is 6.18. The molecule has 4 nitrogen and oxygen atoms in total. The van der Waals surface area contributed by atoms with Crippen LogP contribution in [0.15, 0.2) is 24.3 Å². The van der Waals surface area contributed by atoms with Crippen molar-refractivity contribution in [2.75, 3.05) is 18.4 Å². The standard InChI is InChI=1S/C15H23N3O/c1-11(16)12-5-4-6-13(9-12)17-14(19)18-8-7-15(2,3)10-18/h4-6,9,11H,7-8,10,16H2,1-3H3,(H,17,19). The zero-order valence-corrected chi connectivity index (χ0v) is 11.9. The number of rotatable bonds is 2. The Morgan fingerprint density at radius 1 is 1.47 bits per heavy atom. The van der Waals surface area contributed by atoms with Crippen molar-refractivity contribution in [3.63, 3.8) is 0 Å². The zero-order valence-electron chi connectivity index (χ0n) is 11.9. The number of nitrogens with zero attached hydrogens (tertiary/aromatic N) is 1. The number of amides is 2. The van der Waals surface area contributed by atoms with Gasteiger partial charge in [-0.25, -0.2) is 4.79 Å². The third kappa shape index (κ3) is 3.47. The monoisotopic (exact) mass is 261 g/mol. The maximum absolute atomic E-state index is 12.2. The van der Waals surface area contributed by atoms with Crippen LogP contribution in [0.5, 0.6) is 0 Å². The zero-order chi connectivity index (χ0) is 14.0. The average Bonchev–Trinajstić information content (AvgIpc) is 2.70. The van der Waals surface area contributed by atoms with E-state index in [1.807, 2.05) is 36.1 Å². The molecule has 1 unspecified atom stereocenters. The van der Waals surface area contributed by atoms with E-state index in [0.29, 0.717) is 0 Å². The molecule has 1 saturated heterocycles. The van der Waals surface area contributed by atoms with E-state index in [0.717, 1.165) is 30.8 Å². The summed E-state index contributed by atoms with van der Waals surface area (Å²) in [5.41, 5.74) is 7.91. The molecule has 19 heavy (non-hydrogen) atoms. The molecule has 1 aliphatic rings. The van der Waals surface area contributed by atoms with Gasteiger partial charge in [0.05, 0.1) is 0 Å². The second kappa shape index (κ2) is 5.21. The number of likely N-dealkylation sites (tertiary alicyclic amines) is 1. The fourth-order valence-electron chi connectivity index (χ4n) is 2.39. The lowest BCUT2D eigenvalue weighted by atomic mass is 9.93. The first-order valence-corrected chi connectivity index (χ1v) is 6.79. The van der Waals surface area contributed by atoms with Crippen LogP contribution in [-0.4, -0.2) is 24.0 Å². The first kappa shape index (κ1) is 13.9. The SMILES string of the molecule is CC(N)c1cccc(NC(=O)N2CCC(C)(C)C2)c1. The third-order valence-electron chi connectivity index (χ3n) is 3.63. The van der Waals surface area contributed by atoms with Crippen LogP contribution < -0.4 is 11.1 Å². The van der Waals surface area contributed by atoms with Gasteiger partial charge >= 0.3 is 6.03 Å². The quantitative estimate of drug-likeness (QED) is 0.860. The molecule has 0 radical (unpaired) electrons. The van der Waals surface area contributed by atoms with E-state index in [4.69, 9.17) is 5.73 Å². The Bertz CT molecular complexity index is 468. The number of carbonyl (C=O) groups excluding carboxylic acids is 1. The maximum Gasteiger partial charge on any atom is 0.321 e. The van der Waals surface area contributed by atoms with E-state index in [1.165, 1.54) is 0 Å². The van der Waals surface area contributed by atoms with Gasteiger partial charge in [0.2, 0.25) is 0 Å². The van der Waals surface area contributed by atoms with E-state index in [9.17, 15) is 4.79 Å². The highest BCUT2D eigenvalue weighted by atomic mass is 16.2. The molecule has 0 saturated carbocycles. The molecule has 1 aromatic rings. The molecule has 3 N–H and O–H groups in total. The van der Waals surface area contributed by atoms with Crippen molar-refractivity contribution >= 4 is 11.7 Å². The van der Waals surface area contributed by atoms with Crippen LogP contribution in [-0.2, 0) is 0 Å². The molecule has 0 aromatic heterocycles. The molecular weight excluding hydrogens is 238 g/mol. The first-order valence-electron chi connectivity index (χ1n) is 6.79. The van der Waals surface area contributed by atoms with Crippen LogP contribution >= 0.6 is 0 Å². The minimum absolute atomic E-state index is 0.0209. The summed E-state index contributed by atoms with van der Waals surface area (Å²) in [7, 11) is 0. The molecule has 0 bridgehead atoms. The smallest absolute Gasteiger partial charge is 0.321 e. The highest BCUT2D eigenvalue weighted by Gasteiger charge is 2.31. The molecule has 1 aliphatic heterocycles. The lowest BCUT2D eigenvalue weighted by Crippen LogP contribution is -2.34. The Labute approximate surface area is 115 Å². The fourth-order valence-corrected chi connectivity index (χ4v) is 2.39. The van der Waals surface area contributed by atoms with Gasteiger partial charge in [-0.2, -0.15) is 0 Å². The molecule has 1 atom stereocenters. The molecule has 1 fully saturated rings. The van der Waals surface area contributed by atoms with Gasteiger partial charge in [-0.3, -0.25) is 0 Å². The number of hydrogen-bond acceptors (Lipinski definition) is 2. The lowest BCUT2D eigenvalue weighted by Gasteiger charge is -2.20. The van der Waals surface area contributed by atoms with E-state index in [1.54, 1.807) is 0 Å². The molecule has 0 spiro atoms. The minimum atomic E-state index is -0.0254. The van der Waals surface area contributed by atoms with Crippen molar-refractivity contribution in [1.29, 1.82) is 0 Å². The molecule has 0 aliphatic carbocycles. The number of carbonyl (C=O) groups is 1. The summed E-state index contributed by atoms with van der Waals surface area (Å²) in [6.07, 6.45) is 1.06. The summed E-state index contributed by atoms with van der Waals surface area (Å²) in [5.74, 6) is 0. The van der Waals surface area contributed by atoms with Crippen LogP contribution in [0.3, 0.4) is 0 Å². The Balaban J connectivity index is 2.01. The summed E-state index contributed by atoms with van der Waals surface area (Å²) in [4.78, 5) is 14.0. The minimum Gasteiger partial charge on any atom is -0.324 e.